The molecule has 1 aromatic rings. The molecule has 3 N–H and O–H groups in total. The second-order valence-corrected chi connectivity index (χ2v) is 4.11. The fourth-order valence-corrected chi connectivity index (χ4v) is 1.45. The van der Waals surface area contributed by atoms with Crippen molar-refractivity contribution in [3.05, 3.63) is 18.2 Å². The SMILES string of the molecule is COc1ccc(NC(=O)CCC(N)=S)c(OC)c1. The third-order valence-electron chi connectivity index (χ3n) is 2.28. The zero-order chi connectivity index (χ0) is 13.5. The summed E-state index contributed by atoms with van der Waals surface area (Å²) in [7, 11) is 3.09. The van der Waals surface area contributed by atoms with E-state index in [9.17, 15) is 4.79 Å². The summed E-state index contributed by atoms with van der Waals surface area (Å²) in [6, 6.07) is 5.16. The van der Waals surface area contributed by atoms with Crippen molar-refractivity contribution in [1.82, 2.24) is 0 Å². The third kappa shape index (κ3) is 4.21. The fraction of sp³-hybridized carbons (Fsp3) is 0.333. The van der Waals surface area contributed by atoms with Crippen LogP contribution in [-0.2, 0) is 4.79 Å². The van der Waals surface area contributed by atoms with Crippen LogP contribution in [-0.4, -0.2) is 25.1 Å². The van der Waals surface area contributed by atoms with Gasteiger partial charge in [0.05, 0.1) is 24.9 Å². The molecule has 0 atom stereocenters. The van der Waals surface area contributed by atoms with Gasteiger partial charge in [0.25, 0.3) is 0 Å². The Morgan fingerprint density at radius 3 is 2.61 bits per heavy atom. The maximum atomic E-state index is 11.6. The lowest BCUT2D eigenvalue weighted by Gasteiger charge is -2.11. The molecule has 0 heterocycles. The summed E-state index contributed by atoms with van der Waals surface area (Å²) in [5.74, 6) is 1.04. The van der Waals surface area contributed by atoms with Crippen LogP contribution < -0.4 is 20.5 Å². The number of anilines is 1. The average molecular weight is 268 g/mol. The number of carbonyl (C=O) groups is 1. The van der Waals surface area contributed by atoms with Crippen LogP contribution in [0.25, 0.3) is 0 Å². The van der Waals surface area contributed by atoms with Crippen LogP contribution in [0.5, 0.6) is 11.5 Å². The number of thiocarbonyl (C=S) groups is 1. The van der Waals surface area contributed by atoms with Gasteiger partial charge in [-0.15, -0.1) is 0 Å². The van der Waals surface area contributed by atoms with Gasteiger partial charge in [-0.05, 0) is 12.1 Å². The van der Waals surface area contributed by atoms with Crippen molar-refractivity contribution in [2.24, 2.45) is 5.73 Å². The van der Waals surface area contributed by atoms with E-state index < -0.39 is 0 Å². The monoisotopic (exact) mass is 268 g/mol. The minimum atomic E-state index is -0.161. The molecule has 18 heavy (non-hydrogen) atoms. The van der Waals surface area contributed by atoms with Gasteiger partial charge in [0, 0.05) is 18.9 Å². The first-order valence-electron chi connectivity index (χ1n) is 5.37. The van der Waals surface area contributed by atoms with Gasteiger partial charge in [-0.3, -0.25) is 4.79 Å². The highest BCUT2D eigenvalue weighted by atomic mass is 32.1. The second-order valence-electron chi connectivity index (χ2n) is 3.58. The number of amides is 1. The fourth-order valence-electron chi connectivity index (χ4n) is 1.35. The molecular formula is C12H16N2O3S. The van der Waals surface area contributed by atoms with E-state index in [4.69, 9.17) is 27.4 Å². The molecule has 0 bridgehead atoms. The molecule has 0 saturated carbocycles. The van der Waals surface area contributed by atoms with Gasteiger partial charge in [0.15, 0.2) is 0 Å². The van der Waals surface area contributed by atoms with Crippen molar-refractivity contribution >= 4 is 28.8 Å². The maximum Gasteiger partial charge on any atom is 0.224 e. The predicted octanol–water partition coefficient (Wildman–Crippen LogP) is 1.71. The van der Waals surface area contributed by atoms with Crippen LogP contribution in [0.3, 0.4) is 0 Å². The molecule has 1 aromatic carbocycles. The molecule has 5 nitrogen and oxygen atoms in total. The summed E-state index contributed by atoms with van der Waals surface area (Å²) in [5, 5.41) is 2.73. The lowest BCUT2D eigenvalue weighted by Crippen LogP contribution is -2.16. The highest BCUT2D eigenvalue weighted by molar-refractivity contribution is 7.80. The molecule has 6 heteroatoms. The molecule has 0 fully saturated rings. The lowest BCUT2D eigenvalue weighted by molar-refractivity contribution is -0.116. The second kappa shape index (κ2) is 6.80. The molecule has 0 radical (unpaired) electrons. The van der Waals surface area contributed by atoms with Crippen LogP contribution in [0.2, 0.25) is 0 Å². The molecule has 1 amide bonds. The van der Waals surface area contributed by atoms with Gasteiger partial charge in [-0.1, -0.05) is 12.2 Å². The van der Waals surface area contributed by atoms with Gasteiger partial charge < -0.3 is 20.5 Å². The number of nitrogens with two attached hydrogens (primary N) is 1. The molecule has 1 rings (SSSR count). The Morgan fingerprint density at radius 2 is 2.06 bits per heavy atom. The number of hydrogen-bond donors (Lipinski definition) is 2. The molecule has 0 aliphatic heterocycles. The van der Waals surface area contributed by atoms with Gasteiger partial charge in [0.2, 0.25) is 5.91 Å². The number of hydrogen-bond acceptors (Lipinski definition) is 4. The first kappa shape index (κ1) is 14.2. The highest BCUT2D eigenvalue weighted by Crippen LogP contribution is 2.29. The maximum absolute atomic E-state index is 11.6. The summed E-state index contributed by atoms with van der Waals surface area (Å²) in [4.78, 5) is 12.0. The first-order chi connectivity index (χ1) is 8.56. The molecule has 0 unspecified atom stereocenters. The molecular weight excluding hydrogens is 252 g/mol. The minimum Gasteiger partial charge on any atom is -0.497 e. The lowest BCUT2D eigenvalue weighted by atomic mass is 10.2. The predicted molar refractivity (Wildman–Crippen MR) is 74.2 cm³/mol. The topological polar surface area (TPSA) is 73.6 Å². The molecule has 0 aliphatic carbocycles. The minimum absolute atomic E-state index is 0.161. The van der Waals surface area contributed by atoms with Crippen LogP contribution >= 0.6 is 12.2 Å². The van der Waals surface area contributed by atoms with Crippen molar-refractivity contribution < 1.29 is 14.3 Å². The zero-order valence-electron chi connectivity index (χ0n) is 10.4. The van der Waals surface area contributed by atoms with E-state index in [2.05, 4.69) is 5.32 Å². The van der Waals surface area contributed by atoms with E-state index in [1.807, 2.05) is 0 Å². The van der Waals surface area contributed by atoms with Gasteiger partial charge in [0.1, 0.15) is 11.5 Å². The van der Waals surface area contributed by atoms with Crippen LogP contribution in [0.15, 0.2) is 18.2 Å². The Kier molecular flexibility index (Phi) is 5.38. The standard InChI is InChI=1S/C12H16N2O3S/c1-16-8-3-4-9(10(7-8)17-2)14-12(15)6-5-11(13)18/h3-4,7H,5-6H2,1-2H3,(H2,13,18)(H,14,15). The summed E-state index contributed by atoms with van der Waals surface area (Å²) < 4.78 is 10.2. The van der Waals surface area contributed by atoms with E-state index in [-0.39, 0.29) is 12.3 Å². The van der Waals surface area contributed by atoms with Crippen molar-refractivity contribution in [2.75, 3.05) is 19.5 Å². The third-order valence-corrected chi connectivity index (χ3v) is 2.49. The summed E-state index contributed by atoms with van der Waals surface area (Å²) in [6.45, 7) is 0. The van der Waals surface area contributed by atoms with Crippen LogP contribution in [0.4, 0.5) is 5.69 Å². The van der Waals surface area contributed by atoms with Crippen molar-refractivity contribution in [3.8, 4) is 11.5 Å². The van der Waals surface area contributed by atoms with Crippen LogP contribution in [0.1, 0.15) is 12.8 Å². The number of methoxy groups -OCH3 is 2. The Labute approximate surface area is 111 Å². The summed E-state index contributed by atoms with van der Waals surface area (Å²) in [5.41, 5.74) is 5.93. The molecule has 0 saturated heterocycles. The van der Waals surface area contributed by atoms with Crippen molar-refractivity contribution in [3.63, 3.8) is 0 Å². The van der Waals surface area contributed by atoms with E-state index >= 15 is 0 Å². The summed E-state index contributed by atoms with van der Waals surface area (Å²) >= 11 is 4.72. The highest BCUT2D eigenvalue weighted by Gasteiger charge is 2.09. The normalized spacial score (nSPS) is 9.67. The van der Waals surface area contributed by atoms with Crippen molar-refractivity contribution in [2.45, 2.75) is 12.8 Å². The van der Waals surface area contributed by atoms with E-state index in [1.165, 1.54) is 7.11 Å². The molecule has 0 aromatic heterocycles. The van der Waals surface area contributed by atoms with E-state index in [0.29, 0.717) is 28.6 Å². The molecule has 98 valence electrons. The first-order valence-corrected chi connectivity index (χ1v) is 5.78. The quantitative estimate of drug-likeness (QED) is 0.768. The Hall–Kier alpha value is -1.82. The van der Waals surface area contributed by atoms with Gasteiger partial charge in [-0.2, -0.15) is 0 Å². The Morgan fingerprint density at radius 1 is 1.33 bits per heavy atom. The summed E-state index contributed by atoms with van der Waals surface area (Å²) in [6.07, 6.45) is 0.643. The van der Waals surface area contributed by atoms with Crippen molar-refractivity contribution in [1.29, 1.82) is 0 Å². The smallest absolute Gasteiger partial charge is 0.224 e. The molecule has 0 spiro atoms. The number of rotatable bonds is 6. The number of ether oxygens (including phenoxy) is 2. The Balaban J connectivity index is 2.71. The van der Waals surface area contributed by atoms with E-state index in [0.717, 1.165) is 0 Å². The van der Waals surface area contributed by atoms with Gasteiger partial charge >= 0.3 is 0 Å². The molecule has 0 aliphatic rings. The van der Waals surface area contributed by atoms with Crippen LogP contribution in [0, 0.1) is 0 Å². The zero-order valence-corrected chi connectivity index (χ0v) is 11.2. The number of nitrogens with one attached hydrogen (secondary N) is 1. The Bertz CT molecular complexity index is 449. The number of benzene rings is 1. The average Bonchev–Trinajstić information content (AvgIpc) is 2.36. The largest absolute Gasteiger partial charge is 0.497 e. The number of carbonyl (C=O) groups excluding carboxylic acids is 1. The van der Waals surface area contributed by atoms with Gasteiger partial charge in [-0.25, -0.2) is 0 Å². The van der Waals surface area contributed by atoms with E-state index in [1.54, 1.807) is 25.3 Å².